The Balaban J connectivity index is 1.57. The van der Waals surface area contributed by atoms with Crippen molar-refractivity contribution < 1.29 is 23.9 Å². The van der Waals surface area contributed by atoms with Crippen LogP contribution in [0.5, 0.6) is 0 Å². The van der Waals surface area contributed by atoms with Gasteiger partial charge in [0.1, 0.15) is 5.82 Å². The molecule has 128 valence electrons. The highest BCUT2D eigenvalue weighted by atomic mass is 19.1. The van der Waals surface area contributed by atoms with E-state index in [1.54, 1.807) is 4.90 Å². The third-order valence-electron chi connectivity index (χ3n) is 5.38. The minimum absolute atomic E-state index is 0.0201. The number of amides is 1. The number of carbonyl (C=O) groups is 3. The second-order valence-electron chi connectivity index (χ2n) is 6.75. The molecule has 6 heteroatoms. The van der Waals surface area contributed by atoms with E-state index in [2.05, 4.69) is 0 Å². The summed E-state index contributed by atoms with van der Waals surface area (Å²) < 4.78 is 12.9. The summed E-state index contributed by atoms with van der Waals surface area (Å²) >= 11 is 0. The molecule has 2 fully saturated rings. The first-order valence-corrected chi connectivity index (χ1v) is 8.22. The molecule has 1 aliphatic heterocycles. The fourth-order valence-electron chi connectivity index (χ4n) is 3.99. The predicted octanol–water partition coefficient (Wildman–Crippen LogP) is 2.50. The van der Waals surface area contributed by atoms with Crippen LogP contribution in [0, 0.1) is 17.2 Å². The lowest BCUT2D eigenvalue weighted by Crippen LogP contribution is -2.37. The van der Waals surface area contributed by atoms with Gasteiger partial charge in [0.25, 0.3) is 0 Å². The molecule has 1 heterocycles. The monoisotopic (exact) mass is 333 g/mol. The molecule has 1 amide bonds. The number of halogens is 1. The number of rotatable bonds is 5. The third kappa shape index (κ3) is 2.92. The molecule has 1 saturated carbocycles. The van der Waals surface area contributed by atoms with E-state index in [1.165, 1.54) is 24.3 Å². The van der Waals surface area contributed by atoms with E-state index in [4.69, 9.17) is 0 Å². The standard InChI is InChI=1S/C18H20FNO4/c19-14-5-3-12(4-6-14)15(21)7-8-16(22)20-10-13-2-1-9-18(13,11-20)17(23)24/h3-6,13H,1-2,7-11H2,(H,23,24)/t13-,18+/m0/s1. The van der Waals surface area contributed by atoms with Gasteiger partial charge in [-0.1, -0.05) is 6.42 Å². The van der Waals surface area contributed by atoms with Gasteiger partial charge in [0.05, 0.1) is 5.41 Å². The number of aliphatic carboxylic acids is 1. The molecule has 1 aliphatic carbocycles. The average Bonchev–Trinajstić information content (AvgIpc) is 3.11. The van der Waals surface area contributed by atoms with E-state index < -0.39 is 17.2 Å². The highest BCUT2D eigenvalue weighted by Gasteiger charge is 2.55. The summed E-state index contributed by atoms with van der Waals surface area (Å²) in [6.07, 6.45) is 2.45. The van der Waals surface area contributed by atoms with Gasteiger partial charge in [-0.3, -0.25) is 14.4 Å². The number of carbonyl (C=O) groups excluding carboxylic acids is 2. The van der Waals surface area contributed by atoms with Crippen molar-refractivity contribution in [2.75, 3.05) is 13.1 Å². The maximum absolute atomic E-state index is 12.9. The molecular weight excluding hydrogens is 313 g/mol. The number of hydrogen-bond donors (Lipinski definition) is 1. The number of fused-ring (bicyclic) bond motifs is 1. The van der Waals surface area contributed by atoms with Gasteiger partial charge in [-0.05, 0) is 43.0 Å². The van der Waals surface area contributed by atoms with Gasteiger partial charge in [-0.25, -0.2) is 4.39 Å². The molecule has 0 spiro atoms. The summed E-state index contributed by atoms with van der Waals surface area (Å²) in [4.78, 5) is 37.6. The van der Waals surface area contributed by atoms with Crippen LogP contribution in [0.3, 0.4) is 0 Å². The van der Waals surface area contributed by atoms with Crippen LogP contribution >= 0.6 is 0 Å². The lowest BCUT2D eigenvalue weighted by atomic mass is 9.81. The largest absolute Gasteiger partial charge is 0.481 e. The van der Waals surface area contributed by atoms with Gasteiger partial charge in [0, 0.05) is 31.5 Å². The van der Waals surface area contributed by atoms with Crippen LogP contribution in [0.15, 0.2) is 24.3 Å². The van der Waals surface area contributed by atoms with Crippen molar-refractivity contribution in [2.45, 2.75) is 32.1 Å². The maximum atomic E-state index is 12.9. The summed E-state index contributed by atoms with van der Waals surface area (Å²) in [6, 6.07) is 5.24. The van der Waals surface area contributed by atoms with Crippen LogP contribution in [0.1, 0.15) is 42.5 Å². The molecule has 5 nitrogen and oxygen atoms in total. The van der Waals surface area contributed by atoms with Crippen molar-refractivity contribution >= 4 is 17.7 Å². The van der Waals surface area contributed by atoms with Crippen LogP contribution in [0.25, 0.3) is 0 Å². The molecule has 24 heavy (non-hydrogen) atoms. The molecule has 2 atom stereocenters. The van der Waals surface area contributed by atoms with Crippen molar-refractivity contribution in [3.8, 4) is 0 Å². The number of carboxylic acid groups (broad SMARTS) is 1. The number of likely N-dealkylation sites (tertiary alicyclic amines) is 1. The van der Waals surface area contributed by atoms with Gasteiger partial charge in [-0.15, -0.1) is 0 Å². The van der Waals surface area contributed by atoms with Crippen molar-refractivity contribution in [1.82, 2.24) is 4.90 Å². The quantitative estimate of drug-likeness (QED) is 0.840. The highest BCUT2D eigenvalue weighted by molar-refractivity contribution is 5.98. The third-order valence-corrected chi connectivity index (χ3v) is 5.38. The van der Waals surface area contributed by atoms with E-state index in [0.717, 1.165) is 12.8 Å². The Morgan fingerprint density at radius 1 is 1.21 bits per heavy atom. The summed E-state index contributed by atoms with van der Waals surface area (Å²) in [5.41, 5.74) is -0.416. The van der Waals surface area contributed by atoms with Crippen molar-refractivity contribution in [3.05, 3.63) is 35.6 Å². The van der Waals surface area contributed by atoms with E-state index in [0.29, 0.717) is 18.5 Å². The summed E-state index contributed by atoms with van der Waals surface area (Å²) in [6.45, 7) is 0.715. The summed E-state index contributed by atoms with van der Waals surface area (Å²) in [5, 5.41) is 9.54. The second-order valence-corrected chi connectivity index (χ2v) is 6.75. The number of benzene rings is 1. The first kappa shape index (κ1) is 16.6. The van der Waals surface area contributed by atoms with Crippen molar-refractivity contribution in [1.29, 1.82) is 0 Å². The Labute approximate surface area is 139 Å². The van der Waals surface area contributed by atoms with E-state index in [-0.39, 0.29) is 37.0 Å². The lowest BCUT2D eigenvalue weighted by Gasteiger charge is -2.23. The van der Waals surface area contributed by atoms with E-state index in [9.17, 15) is 23.9 Å². The summed E-state index contributed by atoms with van der Waals surface area (Å²) in [7, 11) is 0. The zero-order valence-corrected chi connectivity index (χ0v) is 13.3. The normalized spacial score (nSPS) is 25.5. The van der Waals surface area contributed by atoms with Gasteiger partial charge in [0.15, 0.2) is 5.78 Å². The smallest absolute Gasteiger partial charge is 0.311 e. The van der Waals surface area contributed by atoms with Gasteiger partial charge in [-0.2, -0.15) is 0 Å². The first-order chi connectivity index (χ1) is 11.4. The van der Waals surface area contributed by atoms with Gasteiger partial charge < -0.3 is 10.0 Å². The zero-order valence-electron chi connectivity index (χ0n) is 13.3. The first-order valence-electron chi connectivity index (χ1n) is 8.22. The Kier molecular flexibility index (Phi) is 4.39. The van der Waals surface area contributed by atoms with E-state index in [1.807, 2.05) is 0 Å². The number of carboxylic acids is 1. The Morgan fingerprint density at radius 2 is 1.92 bits per heavy atom. The SMILES string of the molecule is O=C(CCC(=O)N1C[C@@H]2CCC[C@@]2(C(=O)O)C1)c1ccc(F)cc1. The topological polar surface area (TPSA) is 74.7 Å². The molecule has 0 unspecified atom stereocenters. The molecule has 0 aromatic heterocycles. The molecule has 3 rings (SSSR count). The fraction of sp³-hybridized carbons (Fsp3) is 0.500. The average molecular weight is 333 g/mol. The van der Waals surface area contributed by atoms with Crippen molar-refractivity contribution in [2.24, 2.45) is 11.3 Å². The van der Waals surface area contributed by atoms with Gasteiger partial charge >= 0.3 is 5.97 Å². The molecule has 0 bridgehead atoms. The molecule has 1 N–H and O–H groups in total. The minimum Gasteiger partial charge on any atom is -0.481 e. The lowest BCUT2D eigenvalue weighted by molar-refractivity contribution is -0.149. The zero-order chi connectivity index (χ0) is 17.3. The van der Waals surface area contributed by atoms with Crippen molar-refractivity contribution in [3.63, 3.8) is 0 Å². The van der Waals surface area contributed by atoms with Crippen LogP contribution in [-0.2, 0) is 9.59 Å². The predicted molar refractivity (Wildman–Crippen MR) is 84.0 cm³/mol. The Morgan fingerprint density at radius 3 is 2.54 bits per heavy atom. The number of ketones is 1. The maximum Gasteiger partial charge on any atom is 0.311 e. The molecule has 1 saturated heterocycles. The fourth-order valence-corrected chi connectivity index (χ4v) is 3.99. The summed E-state index contributed by atoms with van der Waals surface area (Å²) in [5.74, 6) is -1.60. The number of Topliss-reactive ketones (excluding diaryl/α,β-unsaturated/α-hetero) is 1. The van der Waals surface area contributed by atoms with E-state index >= 15 is 0 Å². The second kappa shape index (κ2) is 6.34. The molecule has 2 aliphatic rings. The molecule has 1 aromatic rings. The van der Waals surface area contributed by atoms with Crippen LogP contribution < -0.4 is 0 Å². The number of nitrogens with zero attached hydrogens (tertiary/aromatic N) is 1. The molecule has 0 radical (unpaired) electrons. The minimum atomic E-state index is -0.817. The number of hydrogen-bond acceptors (Lipinski definition) is 3. The van der Waals surface area contributed by atoms with Gasteiger partial charge in [0.2, 0.25) is 5.91 Å². The Hall–Kier alpha value is -2.24. The molecule has 1 aromatic carbocycles. The van der Waals surface area contributed by atoms with Crippen LogP contribution in [0.4, 0.5) is 4.39 Å². The van der Waals surface area contributed by atoms with Crippen LogP contribution in [-0.4, -0.2) is 40.8 Å². The Bertz CT molecular complexity index is 672. The highest BCUT2D eigenvalue weighted by Crippen LogP contribution is 2.49. The van der Waals surface area contributed by atoms with Crippen LogP contribution in [0.2, 0.25) is 0 Å². The molecular formula is C18H20FNO4.